The van der Waals surface area contributed by atoms with E-state index in [1.165, 1.54) is 11.1 Å². The highest BCUT2D eigenvalue weighted by molar-refractivity contribution is 5.81. The Balaban J connectivity index is 1.42. The standard InChI is InChI=1S/C20H22O4/c21-13-18(22)11-17-7-5-15(6-8-17)3-1-2-4-16-9-10-19-20(12-16)24-14-23-19/h5-10,12,21H,1-4,11,13-14H2. The Morgan fingerprint density at radius 3 is 2.25 bits per heavy atom. The number of hydrogen-bond acceptors (Lipinski definition) is 4. The number of carbonyl (C=O) groups excluding carboxylic acids is 1. The van der Waals surface area contributed by atoms with Gasteiger partial charge in [-0.05, 0) is 54.5 Å². The zero-order chi connectivity index (χ0) is 16.8. The van der Waals surface area contributed by atoms with Gasteiger partial charge in [0.05, 0.1) is 0 Å². The van der Waals surface area contributed by atoms with Crippen LogP contribution in [0.2, 0.25) is 0 Å². The van der Waals surface area contributed by atoms with Gasteiger partial charge in [-0.15, -0.1) is 0 Å². The van der Waals surface area contributed by atoms with Crippen molar-refractivity contribution in [2.75, 3.05) is 13.4 Å². The van der Waals surface area contributed by atoms with Gasteiger partial charge >= 0.3 is 0 Å². The number of ketones is 1. The number of rotatable bonds is 8. The van der Waals surface area contributed by atoms with Crippen LogP contribution in [0, 0.1) is 0 Å². The van der Waals surface area contributed by atoms with Crippen molar-refractivity contribution in [2.45, 2.75) is 32.1 Å². The summed E-state index contributed by atoms with van der Waals surface area (Å²) < 4.78 is 10.7. The number of fused-ring (bicyclic) bond motifs is 1. The molecule has 24 heavy (non-hydrogen) atoms. The highest BCUT2D eigenvalue weighted by atomic mass is 16.7. The van der Waals surface area contributed by atoms with Crippen LogP contribution in [-0.2, 0) is 24.1 Å². The van der Waals surface area contributed by atoms with Gasteiger partial charge < -0.3 is 14.6 Å². The molecule has 2 aromatic carbocycles. The normalized spacial score (nSPS) is 12.4. The minimum atomic E-state index is -0.387. The van der Waals surface area contributed by atoms with Crippen molar-refractivity contribution in [1.29, 1.82) is 0 Å². The van der Waals surface area contributed by atoms with Crippen LogP contribution in [0.4, 0.5) is 0 Å². The number of unbranched alkanes of at least 4 members (excludes halogenated alkanes) is 1. The summed E-state index contributed by atoms with van der Waals surface area (Å²) in [6, 6.07) is 14.2. The molecule has 0 spiro atoms. The predicted molar refractivity (Wildman–Crippen MR) is 91.4 cm³/mol. The van der Waals surface area contributed by atoms with E-state index in [-0.39, 0.29) is 12.4 Å². The molecule has 1 aliphatic rings. The van der Waals surface area contributed by atoms with E-state index in [0.717, 1.165) is 42.7 Å². The lowest BCUT2D eigenvalue weighted by molar-refractivity contribution is -0.121. The minimum absolute atomic E-state index is 0.147. The first kappa shape index (κ1) is 16.5. The molecule has 0 unspecified atom stereocenters. The van der Waals surface area contributed by atoms with Crippen molar-refractivity contribution in [1.82, 2.24) is 0 Å². The van der Waals surface area contributed by atoms with Crippen molar-refractivity contribution in [3.05, 3.63) is 59.2 Å². The Bertz CT molecular complexity index is 691. The van der Waals surface area contributed by atoms with E-state index in [0.29, 0.717) is 13.2 Å². The predicted octanol–water partition coefficient (Wildman–Crippen LogP) is 3.08. The lowest BCUT2D eigenvalue weighted by atomic mass is 10.0. The molecular formula is C20H22O4. The summed E-state index contributed by atoms with van der Waals surface area (Å²) in [5.74, 6) is 1.53. The van der Waals surface area contributed by atoms with Crippen molar-refractivity contribution in [3.8, 4) is 11.5 Å². The van der Waals surface area contributed by atoms with E-state index in [2.05, 4.69) is 24.3 Å². The average Bonchev–Trinajstić information content (AvgIpc) is 3.07. The summed E-state index contributed by atoms with van der Waals surface area (Å²) in [7, 11) is 0. The second kappa shape index (κ2) is 7.97. The van der Waals surface area contributed by atoms with Crippen molar-refractivity contribution in [2.24, 2.45) is 0 Å². The van der Waals surface area contributed by atoms with Gasteiger partial charge in [0.15, 0.2) is 17.3 Å². The molecule has 0 radical (unpaired) electrons. The summed E-state index contributed by atoms with van der Waals surface area (Å²) >= 11 is 0. The first-order chi connectivity index (χ1) is 11.7. The lowest BCUT2D eigenvalue weighted by Gasteiger charge is -2.05. The molecule has 0 fully saturated rings. The highest BCUT2D eigenvalue weighted by Gasteiger charge is 2.12. The number of Topliss-reactive ketones (excluding diaryl/α,β-unsaturated/α-hetero) is 1. The van der Waals surface area contributed by atoms with E-state index < -0.39 is 0 Å². The third kappa shape index (κ3) is 4.36. The Morgan fingerprint density at radius 1 is 0.875 bits per heavy atom. The van der Waals surface area contributed by atoms with Crippen LogP contribution in [0.5, 0.6) is 11.5 Å². The van der Waals surface area contributed by atoms with Crippen molar-refractivity contribution in [3.63, 3.8) is 0 Å². The molecule has 0 aliphatic carbocycles. The van der Waals surface area contributed by atoms with Gasteiger partial charge in [-0.25, -0.2) is 0 Å². The van der Waals surface area contributed by atoms with Crippen LogP contribution >= 0.6 is 0 Å². The fourth-order valence-corrected chi connectivity index (χ4v) is 2.86. The van der Waals surface area contributed by atoms with Crippen LogP contribution in [0.1, 0.15) is 29.5 Å². The summed E-state index contributed by atoms with van der Waals surface area (Å²) in [6.45, 7) is -0.0692. The maximum absolute atomic E-state index is 11.2. The monoisotopic (exact) mass is 326 g/mol. The number of hydrogen-bond donors (Lipinski definition) is 1. The van der Waals surface area contributed by atoms with Crippen LogP contribution in [0.25, 0.3) is 0 Å². The molecule has 4 nitrogen and oxygen atoms in total. The molecule has 126 valence electrons. The lowest BCUT2D eigenvalue weighted by Crippen LogP contribution is -2.07. The van der Waals surface area contributed by atoms with Gasteiger partial charge in [-0.3, -0.25) is 4.79 Å². The molecule has 0 aromatic heterocycles. The summed E-state index contributed by atoms with van der Waals surface area (Å²) in [5, 5.41) is 8.78. The number of aliphatic hydroxyl groups is 1. The van der Waals surface area contributed by atoms with Gasteiger partial charge in [-0.1, -0.05) is 30.3 Å². The first-order valence-corrected chi connectivity index (χ1v) is 8.33. The van der Waals surface area contributed by atoms with E-state index >= 15 is 0 Å². The van der Waals surface area contributed by atoms with Crippen LogP contribution in [0.15, 0.2) is 42.5 Å². The van der Waals surface area contributed by atoms with Crippen LogP contribution in [-0.4, -0.2) is 24.3 Å². The smallest absolute Gasteiger partial charge is 0.231 e. The summed E-state index contributed by atoms with van der Waals surface area (Å²) in [5.41, 5.74) is 3.51. The largest absolute Gasteiger partial charge is 0.454 e. The fraction of sp³-hybridized carbons (Fsp3) is 0.350. The van der Waals surface area contributed by atoms with Crippen LogP contribution in [0.3, 0.4) is 0 Å². The van der Waals surface area contributed by atoms with E-state index in [1.807, 2.05) is 18.2 Å². The average molecular weight is 326 g/mol. The fourth-order valence-electron chi connectivity index (χ4n) is 2.86. The number of benzene rings is 2. The second-order valence-corrected chi connectivity index (χ2v) is 6.08. The maximum atomic E-state index is 11.2. The number of aryl methyl sites for hydroxylation is 2. The molecular weight excluding hydrogens is 304 g/mol. The molecule has 0 saturated carbocycles. The minimum Gasteiger partial charge on any atom is -0.454 e. The zero-order valence-electron chi connectivity index (χ0n) is 13.7. The molecule has 4 heteroatoms. The maximum Gasteiger partial charge on any atom is 0.231 e. The molecule has 0 saturated heterocycles. The molecule has 3 rings (SSSR count). The summed E-state index contributed by atoms with van der Waals surface area (Å²) in [6.07, 6.45) is 4.59. The summed E-state index contributed by atoms with van der Waals surface area (Å²) in [4.78, 5) is 11.2. The Morgan fingerprint density at radius 2 is 1.50 bits per heavy atom. The van der Waals surface area contributed by atoms with Gasteiger partial charge in [0.2, 0.25) is 6.79 Å². The van der Waals surface area contributed by atoms with Gasteiger partial charge in [0.1, 0.15) is 6.61 Å². The number of ether oxygens (including phenoxy) is 2. The zero-order valence-corrected chi connectivity index (χ0v) is 13.7. The van der Waals surface area contributed by atoms with Crippen molar-refractivity contribution < 1.29 is 19.4 Å². The van der Waals surface area contributed by atoms with Crippen molar-refractivity contribution >= 4 is 5.78 Å². The third-order valence-electron chi connectivity index (χ3n) is 4.22. The Kier molecular flexibility index (Phi) is 5.49. The highest BCUT2D eigenvalue weighted by Crippen LogP contribution is 2.32. The van der Waals surface area contributed by atoms with Gasteiger partial charge in [0, 0.05) is 6.42 Å². The van der Waals surface area contributed by atoms with Gasteiger partial charge in [0.25, 0.3) is 0 Å². The van der Waals surface area contributed by atoms with Gasteiger partial charge in [-0.2, -0.15) is 0 Å². The Hall–Kier alpha value is -2.33. The molecule has 0 bridgehead atoms. The number of carbonyl (C=O) groups is 1. The topological polar surface area (TPSA) is 55.8 Å². The van der Waals surface area contributed by atoms with E-state index in [4.69, 9.17) is 14.6 Å². The molecule has 0 amide bonds. The molecule has 1 heterocycles. The third-order valence-corrected chi connectivity index (χ3v) is 4.22. The quantitative estimate of drug-likeness (QED) is 0.758. The van der Waals surface area contributed by atoms with E-state index in [9.17, 15) is 4.79 Å². The van der Waals surface area contributed by atoms with Crippen LogP contribution < -0.4 is 9.47 Å². The SMILES string of the molecule is O=C(CO)Cc1ccc(CCCCc2ccc3c(c2)OCO3)cc1. The molecule has 0 atom stereocenters. The molecule has 1 N–H and O–H groups in total. The van der Waals surface area contributed by atoms with E-state index in [1.54, 1.807) is 0 Å². The molecule has 1 aliphatic heterocycles. The second-order valence-electron chi connectivity index (χ2n) is 6.08. The first-order valence-electron chi connectivity index (χ1n) is 8.33. The Labute approximate surface area is 142 Å². The molecule has 2 aromatic rings. The number of aliphatic hydroxyl groups excluding tert-OH is 1.